The van der Waals surface area contributed by atoms with E-state index in [1.165, 1.54) is 11.3 Å². The summed E-state index contributed by atoms with van der Waals surface area (Å²) in [6, 6.07) is 6.08. The number of carbonyl (C=O) groups excluding carboxylic acids is 1. The van der Waals surface area contributed by atoms with E-state index in [0.717, 1.165) is 28.8 Å². The van der Waals surface area contributed by atoms with Crippen molar-refractivity contribution in [2.45, 2.75) is 24.2 Å². The monoisotopic (exact) mass is 297 g/mol. The van der Waals surface area contributed by atoms with Crippen molar-refractivity contribution in [3.8, 4) is 0 Å². The Morgan fingerprint density at radius 1 is 1.38 bits per heavy atom. The largest absolute Gasteiger partial charge is 0.325 e. The SMILES string of the molecule is O=C1Nc2cc(Br)ccc2SCC12CCC2. The van der Waals surface area contributed by atoms with E-state index in [1.807, 2.05) is 12.1 Å². The number of nitrogens with one attached hydrogen (secondary N) is 1. The molecule has 0 unspecified atom stereocenters. The third-order valence-corrected chi connectivity index (χ3v) is 5.34. The first-order valence-corrected chi connectivity index (χ1v) is 7.21. The number of thioether (sulfide) groups is 1. The molecule has 1 aliphatic carbocycles. The molecule has 16 heavy (non-hydrogen) atoms. The molecule has 1 aromatic rings. The molecule has 1 N–H and O–H groups in total. The van der Waals surface area contributed by atoms with Gasteiger partial charge in [-0.3, -0.25) is 4.79 Å². The molecule has 2 nitrogen and oxygen atoms in total. The van der Waals surface area contributed by atoms with Crippen LogP contribution >= 0.6 is 27.7 Å². The molecule has 0 bridgehead atoms. The average molecular weight is 298 g/mol. The molecule has 0 saturated heterocycles. The van der Waals surface area contributed by atoms with Crippen molar-refractivity contribution >= 4 is 39.3 Å². The topological polar surface area (TPSA) is 29.1 Å². The molecule has 1 saturated carbocycles. The molecule has 1 heterocycles. The Bertz CT molecular complexity index is 456. The summed E-state index contributed by atoms with van der Waals surface area (Å²) in [5.74, 6) is 1.14. The lowest BCUT2D eigenvalue weighted by Crippen LogP contribution is -2.43. The first-order chi connectivity index (χ1) is 7.70. The summed E-state index contributed by atoms with van der Waals surface area (Å²) in [6.07, 6.45) is 3.27. The van der Waals surface area contributed by atoms with E-state index in [9.17, 15) is 4.79 Å². The van der Waals surface area contributed by atoms with E-state index < -0.39 is 0 Å². The molecular weight excluding hydrogens is 286 g/mol. The van der Waals surface area contributed by atoms with E-state index in [0.29, 0.717) is 0 Å². The van der Waals surface area contributed by atoms with Gasteiger partial charge in [0.25, 0.3) is 0 Å². The van der Waals surface area contributed by atoms with E-state index in [-0.39, 0.29) is 11.3 Å². The Hall–Kier alpha value is -0.480. The van der Waals surface area contributed by atoms with Crippen molar-refractivity contribution < 1.29 is 4.79 Å². The minimum absolute atomic E-state index is 0.0871. The molecule has 84 valence electrons. The molecule has 3 rings (SSSR count). The van der Waals surface area contributed by atoms with Gasteiger partial charge in [0.15, 0.2) is 0 Å². The highest BCUT2D eigenvalue weighted by Crippen LogP contribution is 2.49. The van der Waals surface area contributed by atoms with Gasteiger partial charge >= 0.3 is 0 Å². The predicted octanol–water partition coefficient (Wildman–Crippen LogP) is 3.66. The van der Waals surface area contributed by atoms with Crippen molar-refractivity contribution in [3.05, 3.63) is 22.7 Å². The lowest BCUT2D eigenvalue weighted by atomic mass is 9.69. The number of hydrogen-bond acceptors (Lipinski definition) is 2. The molecule has 1 fully saturated rings. The van der Waals surface area contributed by atoms with E-state index in [1.54, 1.807) is 11.8 Å². The molecule has 1 aliphatic heterocycles. The summed E-state index contributed by atoms with van der Waals surface area (Å²) in [5.41, 5.74) is 0.865. The smallest absolute Gasteiger partial charge is 0.231 e. The fourth-order valence-corrected chi connectivity index (χ4v) is 3.88. The van der Waals surface area contributed by atoms with Gasteiger partial charge in [-0.25, -0.2) is 0 Å². The van der Waals surface area contributed by atoms with Gasteiger partial charge in [0.1, 0.15) is 0 Å². The van der Waals surface area contributed by atoms with Gasteiger partial charge in [0.05, 0.1) is 11.1 Å². The molecule has 1 spiro atoms. The molecule has 4 heteroatoms. The summed E-state index contributed by atoms with van der Waals surface area (Å²) in [5, 5.41) is 3.07. The van der Waals surface area contributed by atoms with Gasteiger partial charge in [-0.15, -0.1) is 11.8 Å². The standard InChI is InChI=1S/C12H12BrNOS/c13-8-2-3-10-9(6-8)14-11(15)12(7-16-10)4-1-5-12/h2-3,6H,1,4-5,7H2,(H,14,15). The van der Waals surface area contributed by atoms with Gasteiger partial charge in [-0.2, -0.15) is 0 Å². The van der Waals surface area contributed by atoms with Crippen LogP contribution in [0.5, 0.6) is 0 Å². The third kappa shape index (κ3) is 1.59. The summed E-state index contributed by atoms with van der Waals surface area (Å²) in [7, 11) is 0. The Balaban J connectivity index is 1.97. The number of carbonyl (C=O) groups is 1. The maximum absolute atomic E-state index is 12.2. The molecular formula is C12H12BrNOS. The summed E-state index contributed by atoms with van der Waals surface area (Å²) < 4.78 is 1.01. The first-order valence-electron chi connectivity index (χ1n) is 5.43. The van der Waals surface area contributed by atoms with Gasteiger partial charge in [-0.05, 0) is 31.0 Å². The lowest BCUT2D eigenvalue weighted by Gasteiger charge is -2.38. The van der Waals surface area contributed by atoms with Crippen LogP contribution < -0.4 is 5.32 Å². The van der Waals surface area contributed by atoms with Gasteiger partial charge < -0.3 is 5.32 Å². The maximum Gasteiger partial charge on any atom is 0.231 e. The van der Waals surface area contributed by atoms with Crippen LogP contribution in [-0.4, -0.2) is 11.7 Å². The number of halogens is 1. The first kappa shape index (κ1) is 10.7. The molecule has 1 aromatic carbocycles. The van der Waals surface area contributed by atoms with Crippen molar-refractivity contribution in [2.75, 3.05) is 11.1 Å². The summed E-state index contributed by atoms with van der Waals surface area (Å²) in [4.78, 5) is 13.3. The van der Waals surface area contributed by atoms with Crippen LogP contribution in [0.15, 0.2) is 27.6 Å². The predicted molar refractivity (Wildman–Crippen MR) is 69.8 cm³/mol. The highest BCUT2D eigenvalue weighted by molar-refractivity contribution is 9.10. The fourth-order valence-electron chi connectivity index (χ4n) is 2.24. The Morgan fingerprint density at radius 2 is 2.19 bits per heavy atom. The molecule has 0 atom stereocenters. The van der Waals surface area contributed by atoms with Crippen LogP contribution in [0.4, 0.5) is 5.69 Å². The third-order valence-electron chi connectivity index (χ3n) is 3.49. The van der Waals surface area contributed by atoms with Crippen LogP contribution in [0.1, 0.15) is 19.3 Å². The van der Waals surface area contributed by atoms with E-state index in [4.69, 9.17) is 0 Å². The maximum atomic E-state index is 12.2. The molecule has 2 aliphatic rings. The summed E-state index contributed by atoms with van der Waals surface area (Å²) >= 11 is 5.24. The highest BCUT2D eigenvalue weighted by Gasteiger charge is 2.45. The minimum atomic E-state index is -0.0871. The Kier molecular flexibility index (Phi) is 2.51. The molecule has 1 amide bonds. The van der Waals surface area contributed by atoms with Crippen LogP contribution in [0.25, 0.3) is 0 Å². The number of anilines is 1. The average Bonchev–Trinajstić information content (AvgIpc) is 2.32. The quantitative estimate of drug-likeness (QED) is 0.792. The van der Waals surface area contributed by atoms with E-state index in [2.05, 4.69) is 27.3 Å². The number of fused-ring (bicyclic) bond motifs is 1. The zero-order chi connectivity index (χ0) is 11.2. The Morgan fingerprint density at radius 3 is 2.88 bits per heavy atom. The Labute approximate surface area is 107 Å². The highest BCUT2D eigenvalue weighted by atomic mass is 79.9. The van der Waals surface area contributed by atoms with Crippen LogP contribution in [0.3, 0.4) is 0 Å². The van der Waals surface area contributed by atoms with Crippen molar-refractivity contribution in [1.82, 2.24) is 0 Å². The van der Waals surface area contributed by atoms with Crippen molar-refractivity contribution in [2.24, 2.45) is 5.41 Å². The second-order valence-corrected chi connectivity index (χ2v) is 6.45. The van der Waals surface area contributed by atoms with Gasteiger partial charge in [-0.1, -0.05) is 22.4 Å². The second-order valence-electron chi connectivity index (χ2n) is 4.52. The number of hydrogen-bond donors (Lipinski definition) is 1. The normalized spacial score (nSPS) is 21.9. The van der Waals surface area contributed by atoms with Crippen LogP contribution in [-0.2, 0) is 4.79 Å². The van der Waals surface area contributed by atoms with Crippen molar-refractivity contribution in [3.63, 3.8) is 0 Å². The fraction of sp³-hybridized carbons (Fsp3) is 0.417. The second kappa shape index (κ2) is 3.77. The number of rotatable bonds is 0. The van der Waals surface area contributed by atoms with Crippen molar-refractivity contribution in [1.29, 1.82) is 0 Å². The van der Waals surface area contributed by atoms with Gasteiger partial charge in [0.2, 0.25) is 5.91 Å². The minimum Gasteiger partial charge on any atom is -0.325 e. The lowest BCUT2D eigenvalue weighted by molar-refractivity contribution is -0.128. The zero-order valence-electron chi connectivity index (χ0n) is 8.75. The zero-order valence-corrected chi connectivity index (χ0v) is 11.2. The summed E-state index contributed by atoms with van der Waals surface area (Å²) in [6.45, 7) is 0. The number of amides is 1. The van der Waals surface area contributed by atoms with E-state index >= 15 is 0 Å². The van der Waals surface area contributed by atoms with Gasteiger partial charge in [0, 0.05) is 15.1 Å². The number of benzene rings is 1. The molecule has 0 aromatic heterocycles. The van der Waals surface area contributed by atoms with Crippen LogP contribution in [0.2, 0.25) is 0 Å². The molecule has 0 radical (unpaired) electrons. The van der Waals surface area contributed by atoms with Crippen LogP contribution in [0, 0.1) is 5.41 Å².